The summed E-state index contributed by atoms with van der Waals surface area (Å²) in [5, 5.41) is 2.48. The Morgan fingerprint density at radius 1 is 0.354 bits per heavy atom. The van der Waals surface area contributed by atoms with Gasteiger partial charge in [0.2, 0.25) is 0 Å². The highest BCUT2D eigenvalue weighted by atomic mass is 16.5. The topological polar surface area (TPSA) is 32.6 Å². The van der Waals surface area contributed by atoms with Crippen LogP contribution in [0.5, 0.6) is 34.5 Å². The largest absolute Gasteiger partial charge is 0.459 e. The van der Waals surface area contributed by atoms with Gasteiger partial charge in [0.25, 0.3) is 13.4 Å². The molecule has 3 aliphatic heterocycles. The molecule has 0 fully saturated rings. The van der Waals surface area contributed by atoms with E-state index in [4.69, 9.17) is 14.2 Å². The third kappa shape index (κ3) is 3.46. The summed E-state index contributed by atoms with van der Waals surface area (Å²) in [6.45, 7) is -0.184. The zero-order chi connectivity index (χ0) is 31.3. The van der Waals surface area contributed by atoms with Crippen molar-refractivity contribution in [3.63, 3.8) is 0 Å². The minimum Gasteiger partial charge on any atom is -0.459 e. The van der Waals surface area contributed by atoms with Crippen molar-refractivity contribution < 1.29 is 14.2 Å². The van der Waals surface area contributed by atoms with E-state index in [0.29, 0.717) is 0 Å². The van der Waals surface area contributed by atoms with E-state index in [1.807, 2.05) is 24.3 Å². The lowest BCUT2D eigenvalue weighted by Gasteiger charge is -2.36. The minimum absolute atomic E-state index is 0.0272. The Hall–Kier alpha value is -6.13. The van der Waals surface area contributed by atoms with Gasteiger partial charge in [-0.25, -0.2) is 0 Å². The molecule has 0 spiro atoms. The van der Waals surface area contributed by atoms with Crippen LogP contribution in [0.15, 0.2) is 152 Å². The van der Waals surface area contributed by atoms with Gasteiger partial charge in [0.15, 0.2) is 0 Å². The van der Waals surface area contributed by atoms with E-state index in [1.54, 1.807) is 0 Å². The smallest absolute Gasteiger partial charge is 0.260 e. The van der Waals surface area contributed by atoms with Crippen LogP contribution in [0, 0.1) is 0 Å². The Kier molecular flexibility index (Phi) is 5.25. The fourth-order valence-corrected chi connectivity index (χ4v) is 8.33. The molecule has 0 saturated carbocycles. The average Bonchev–Trinajstić information content (AvgIpc) is 3.48. The highest BCUT2D eigenvalue weighted by molar-refractivity contribution is 7.01. The molecule has 11 rings (SSSR count). The van der Waals surface area contributed by atoms with Crippen molar-refractivity contribution in [3.05, 3.63) is 152 Å². The molecule has 0 amide bonds. The molecule has 222 valence electrons. The van der Waals surface area contributed by atoms with Gasteiger partial charge in [0.05, 0.1) is 11.0 Å². The van der Waals surface area contributed by atoms with Crippen molar-refractivity contribution in [2.45, 2.75) is 0 Å². The van der Waals surface area contributed by atoms with Gasteiger partial charge >= 0.3 is 0 Å². The van der Waals surface area contributed by atoms with Crippen molar-refractivity contribution in [2.75, 3.05) is 0 Å². The van der Waals surface area contributed by atoms with Gasteiger partial charge in [-0.05, 0) is 70.4 Å². The molecule has 3 aliphatic rings. The van der Waals surface area contributed by atoms with Gasteiger partial charge in [-0.15, -0.1) is 0 Å². The van der Waals surface area contributed by atoms with E-state index < -0.39 is 0 Å². The molecular formula is C42H25B2NO3. The lowest BCUT2D eigenvalue weighted by molar-refractivity contribution is 0.459. The molecular weight excluding hydrogens is 588 g/mol. The number of hydrogen-bond donors (Lipinski definition) is 0. The number of rotatable bonds is 2. The summed E-state index contributed by atoms with van der Waals surface area (Å²) in [5.41, 5.74) is 10.2. The molecule has 4 nitrogen and oxygen atoms in total. The number of hydrogen-bond acceptors (Lipinski definition) is 3. The Labute approximate surface area is 277 Å². The van der Waals surface area contributed by atoms with Crippen LogP contribution in [0.2, 0.25) is 0 Å². The molecule has 6 heteroatoms. The summed E-state index contributed by atoms with van der Waals surface area (Å²) >= 11 is 0. The quantitative estimate of drug-likeness (QED) is 0.220. The van der Waals surface area contributed by atoms with Gasteiger partial charge in [-0.1, -0.05) is 103 Å². The normalized spacial score (nSPS) is 13.4. The molecule has 48 heavy (non-hydrogen) atoms. The Morgan fingerprint density at radius 2 is 0.854 bits per heavy atom. The van der Waals surface area contributed by atoms with Crippen molar-refractivity contribution in [2.24, 2.45) is 0 Å². The van der Waals surface area contributed by atoms with Crippen LogP contribution in [0.4, 0.5) is 0 Å². The maximum absolute atomic E-state index is 7.01. The molecule has 4 heterocycles. The third-order valence-corrected chi connectivity index (χ3v) is 10.3. The first-order valence-corrected chi connectivity index (χ1v) is 16.4. The van der Waals surface area contributed by atoms with Crippen molar-refractivity contribution in [1.29, 1.82) is 0 Å². The lowest BCUT2D eigenvalue weighted by Crippen LogP contribution is -2.62. The van der Waals surface area contributed by atoms with Gasteiger partial charge < -0.3 is 18.8 Å². The summed E-state index contributed by atoms with van der Waals surface area (Å²) in [6, 6.07) is 53.4. The SMILES string of the molecule is c1ccc2c(c1)Oc1cccc3c1B2c1ccc2c(c1O3)B(c1ccccc1-n1c3ccccc3c3ccccc31)c1ccccc1O2. The van der Waals surface area contributed by atoms with E-state index >= 15 is 0 Å². The number of ether oxygens (including phenoxy) is 3. The third-order valence-electron chi connectivity index (χ3n) is 10.3. The molecule has 0 bridgehead atoms. The summed E-state index contributed by atoms with van der Waals surface area (Å²) in [4.78, 5) is 0. The molecule has 8 aromatic rings. The zero-order valence-electron chi connectivity index (χ0n) is 25.8. The second-order valence-corrected chi connectivity index (χ2v) is 12.7. The van der Waals surface area contributed by atoms with Crippen LogP contribution in [0.25, 0.3) is 27.5 Å². The van der Waals surface area contributed by atoms with E-state index in [9.17, 15) is 0 Å². The Bertz CT molecular complexity index is 2590. The summed E-state index contributed by atoms with van der Waals surface area (Å²) < 4.78 is 22.6. The number of fused-ring (bicyclic) bond motifs is 10. The number of nitrogens with zero attached hydrogens (tertiary/aromatic N) is 1. The molecule has 0 saturated heterocycles. The van der Waals surface area contributed by atoms with Crippen LogP contribution in [0.3, 0.4) is 0 Å². The van der Waals surface area contributed by atoms with Crippen LogP contribution < -0.4 is 47.0 Å². The summed E-state index contributed by atoms with van der Waals surface area (Å²) in [7, 11) is 0. The van der Waals surface area contributed by atoms with Crippen molar-refractivity contribution in [1.82, 2.24) is 4.57 Å². The molecule has 0 unspecified atom stereocenters. The number of aromatic nitrogens is 1. The monoisotopic (exact) mass is 613 g/mol. The minimum atomic E-state index is -0.157. The van der Waals surface area contributed by atoms with Crippen molar-refractivity contribution in [3.8, 4) is 40.2 Å². The van der Waals surface area contributed by atoms with Gasteiger partial charge in [0.1, 0.15) is 34.5 Å². The predicted molar refractivity (Wildman–Crippen MR) is 196 cm³/mol. The number of benzene rings is 7. The second-order valence-electron chi connectivity index (χ2n) is 12.7. The molecule has 0 atom stereocenters. The van der Waals surface area contributed by atoms with E-state index in [0.717, 1.165) is 67.5 Å². The van der Waals surface area contributed by atoms with Crippen LogP contribution >= 0.6 is 0 Å². The highest BCUT2D eigenvalue weighted by Crippen LogP contribution is 2.37. The second kappa shape index (κ2) is 9.69. The molecule has 0 N–H and O–H groups in total. The average molecular weight is 613 g/mol. The van der Waals surface area contributed by atoms with Crippen molar-refractivity contribution >= 4 is 68.0 Å². The summed E-state index contributed by atoms with van der Waals surface area (Å²) in [5.74, 6) is 5.08. The fourth-order valence-electron chi connectivity index (χ4n) is 8.33. The first kappa shape index (κ1) is 26.0. The molecule has 0 radical (unpaired) electrons. The predicted octanol–water partition coefficient (Wildman–Crippen LogP) is 6.13. The number of para-hydroxylation sites is 5. The highest BCUT2D eigenvalue weighted by Gasteiger charge is 2.45. The van der Waals surface area contributed by atoms with Gasteiger partial charge in [-0.3, -0.25) is 0 Å². The first-order valence-electron chi connectivity index (χ1n) is 16.4. The Morgan fingerprint density at radius 3 is 1.54 bits per heavy atom. The summed E-state index contributed by atoms with van der Waals surface area (Å²) in [6.07, 6.45) is 0. The molecule has 1 aromatic heterocycles. The standard InChI is InChI=1S/C42H25B2NO3/c1-6-17-32-26(12-1)27-13-2-7-18-33(27)45(32)34-19-8-3-14-28(34)43-29-15-4-9-20-35(29)47-39-25-24-31-42(41(39)43)48-38-23-11-22-37-40(38)44(31)30-16-5-10-21-36(30)46-37/h1-25H. The van der Waals surface area contributed by atoms with E-state index in [-0.39, 0.29) is 13.4 Å². The van der Waals surface area contributed by atoms with Crippen LogP contribution in [-0.2, 0) is 0 Å². The maximum atomic E-state index is 7.01. The van der Waals surface area contributed by atoms with Gasteiger partial charge in [0, 0.05) is 27.4 Å². The van der Waals surface area contributed by atoms with E-state index in [1.165, 1.54) is 27.3 Å². The lowest BCUT2D eigenvalue weighted by atomic mass is 9.31. The Balaban J connectivity index is 1.21. The van der Waals surface area contributed by atoms with Gasteiger partial charge in [-0.2, -0.15) is 0 Å². The molecule has 0 aliphatic carbocycles. The van der Waals surface area contributed by atoms with Crippen LogP contribution in [0.1, 0.15) is 0 Å². The molecule has 7 aromatic carbocycles. The fraction of sp³-hybridized carbons (Fsp3) is 0. The first-order chi connectivity index (χ1) is 23.8. The van der Waals surface area contributed by atoms with Crippen LogP contribution in [-0.4, -0.2) is 18.0 Å². The zero-order valence-corrected chi connectivity index (χ0v) is 25.8. The van der Waals surface area contributed by atoms with E-state index in [2.05, 4.69) is 132 Å². The maximum Gasteiger partial charge on any atom is 0.260 e.